The third-order valence-corrected chi connectivity index (χ3v) is 10.6. The minimum atomic E-state index is -4.35. The van der Waals surface area contributed by atoms with E-state index >= 15 is 0 Å². The maximum Gasteiger partial charge on any atom is 0.416 e. The molecule has 4 aliphatic rings. The first-order chi connectivity index (χ1) is 18.2. The number of aliphatic carboxylic acids is 1. The molecule has 0 spiro atoms. The number of carboxylic acids is 1. The Bertz CT molecular complexity index is 914. The van der Waals surface area contributed by atoms with Gasteiger partial charge >= 0.3 is 12.1 Å². The number of nitrogens with zero attached hydrogens (tertiary/aromatic N) is 1. The van der Waals surface area contributed by atoms with Crippen molar-refractivity contribution in [1.29, 1.82) is 0 Å². The fourth-order valence-electron chi connectivity index (χ4n) is 8.38. The van der Waals surface area contributed by atoms with Crippen LogP contribution in [0, 0.1) is 23.2 Å². The van der Waals surface area contributed by atoms with Gasteiger partial charge in [0.05, 0.1) is 5.56 Å². The van der Waals surface area contributed by atoms with E-state index in [0.29, 0.717) is 11.3 Å². The normalized spacial score (nSPS) is 28.9. The van der Waals surface area contributed by atoms with Gasteiger partial charge in [0.1, 0.15) is 0 Å². The highest BCUT2D eigenvalue weighted by molar-refractivity contribution is 5.67. The van der Waals surface area contributed by atoms with Gasteiger partial charge in [-0.05, 0) is 105 Å². The van der Waals surface area contributed by atoms with E-state index in [-0.39, 0.29) is 24.3 Å². The Hall–Kier alpha value is -1.56. The van der Waals surface area contributed by atoms with Crippen LogP contribution in [0.4, 0.5) is 13.2 Å². The number of carbonyl (C=O) groups is 1. The Morgan fingerprint density at radius 1 is 0.868 bits per heavy atom. The summed E-state index contributed by atoms with van der Waals surface area (Å²) in [4.78, 5) is 14.4. The Morgan fingerprint density at radius 3 is 2.08 bits per heavy atom. The fourth-order valence-corrected chi connectivity index (χ4v) is 8.38. The topological polar surface area (TPSA) is 40.5 Å². The molecule has 1 aromatic carbocycles. The molecule has 1 aromatic rings. The Balaban J connectivity index is 1.42. The minimum Gasteiger partial charge on any atom is -0.481 e. The molecule has 3 nitrogen and oxygen atoms in total. The summed E-state index contributed by atoms with van der Waals surface area (Å²) in [5, 5.41) is 9.51. The van der Waals surface area contributed by atoms with Crippen LogP contribution < -0.4 is 0 Å². The molecule has 0 radical (unpaired) electrons. The number of hydrogen-bond donors (Lipinski definition) is 1. The number of hydrogen-bond acceptors (Lipinski definition) is 2. The van der Waals surface area contributed by atoms with E-state index in [1.165, 1.54) is 89.2 Å². The van der Waals surface area contributed by atoms with Crippen LogP contribution in [0.15, 0.2) is 24.3 Å². The second kappa shape index (κ2) is 11.9. The number of alkyl halides is 3. The summed E-state index contributed by atoms with van der Waals surface area (Å²) in [6.07, 6.45) is 14.3. The first-order valence-electron chi connectivity index (χ1n) is 15.4. The Kier molecular flexibility index (Phi) is 8.76. The molecule has 4 fully saturated rings. The predicted octanol–water partition coefficient (Wildman–Crippen LogP) is 8.68. The summed E-state index contributed by atoms with van der Waals surface area (Å²) in [5.41, 5.74) is 0.774. The van der Waals surface area contributed by atoms with Gasteiger partial charge in [-0.2, -0.15) is 13.2 Å². The molecular weight excluding hydrogens is 487 g/mol. The van der Waals surface area contributed by atoms with Crippen LogP contribution in [0.5, 0.6) is 0 Å². The quantitative estimate of drug-likeness (QED) is 0.345. The molecule has 1 N–H and O–H groups in total. The predicted molar refractivity (Wildman–Crippen MR) is 144 cm³/mol. The van der Waals surface area contributed by atoms with Crippen molar-refractivity contribution in [3.63, 3.8) is 0 Å². The van der Waals surface area contributed by atoms with Gasteiger partial charge in [0.2, 0.25) is 0 Å². The smallest absolute Gasteiger partial charge is 0.416 e. The summed E-state index contributed by atoms with van der Waals surface area (Å²) >= 11 is 0. The molecule has 0 heterocycles. The van der Waals surface area contributed by atoms with Crippen LogP contribution in [0.25, 0.3) is 0 Å². The monoisotopic (exact) mass is 533 g/mol. The number of carboxylic acid groups (broad SMARTS) is 1. The van der Waals surface area contributed by atoms with Gasteiger partial charge in [-0.1, -0.05) is 50.7 Å². The van der Waals surface area contributed by atoms with E-state index in [2.05, 4.69) is 4.90 Å². The van der Waals surface area contributed by atoms with Gasteiger partial charge in [0.25, 0.3) is 0 Å². The highest BCUT2D eigenvalue weighted by atomic mass is 19.4. The lowest BCUT2D eigenvalue weighted by Crippen LogP contribution is -2.49. The first kappa shape index (κ1) is 28.0. The Morgan fingerprint density at radius 2 is 1.50 bits per heavy atom. The molecule has 4 saturated carbocycles. The summed E-state index contributed by atoms with van der Waals surface area (Å²) in [7, 11) is 0. The average molecular weight is 534 g/mol. The molecule has 0 aromatic heterocycles. The van der Waals surface area contributed by atoms with Crippen molar-refractivity contribution in [2.45, 2.75) is 121 Å². The van der Waals surface area contributed by atoms with Gasteiger partial charge in [-0.15, -0.1) is 0 Å². The van der Waals surface area contributed by atoms with E-state index < -0.39 is 17.7 Å². The standard InChI is InChI=1S/C32H46F3NO2/c33-32(34,35)27-14-12-25(13-15-27)28-19-24(20-30(37)38)11-16-29(28)36(21-23-7-3-1-4-8-23)22-31(17-18-31)26-9-5-2-6-10-26/h12-15,23-24,26,28-29H,1-11,16-22H2,(H,37,38)/t24?,28-,29+/m0/s1. The first-order valence-corrected chi connectivity index (χ1v) is 15.4. The van der Waals surface area contributed by atoms with Gasteiger partial charge < -0.3 is 5.11 Å². The van der Waals surface area contributed by atoms with Crippen LogP contribution in [-0.4, -0.2) is 35.1 Å². The average Bonchev–Trinajstić information content (AvgIpc) is 3.69. The zero-order chi connectivity index (χ0) is 26.8. The molecule has 212 valence electrons. The van der Waals surface area contributed by atoms with Crippen molar-refractivity contribution in [3.8, 4) is 0 Å². The summed E-state index contributed by atoms with van der Waals surface area (Å²) in [5.74, 6) is 0.920. The van der Waals surface area contributed by atoms with Crippen LogP contribution in [0.3, 0.4) is 0 Å². The van der Waals surface area contributed by atoms with Crippen molar-refractivity contribution >= 4 is 5.97 Å². The van der Waals surface area contributed by atoms with E-state index in [1.807, 2.05) is 0 Å². The summed E-state index contributed by atoms with van der Waals surface area (Å²) < 4.78 is 40.0. The van der Waals surface area contributed by atoms with E-state index in [4.69, 9.17) is 0 Å². The molecule has 0 bridgehead atoms. The molecule has 5 rings (SSSR count). The Labute approximate surface area is 226 Å². The maximum absolute atomic E-state index is 13.3. The van der Waals surface area contributed by atoms with Crippen LogP contribution in [0.2, 0.25) is 0 Å². The molecule has 0 aliphatic heterocycles. The summed E-state index contributed by atoms with van der Waals surface area (Å²) in [6.45, 7) is 2.22. The third kappa shape index (κ3) is 6.77. The lowest BCUT2D eigenvalue weighted by Gasteiger charge is -2.46. The van der Waals surface area contributed by atoms with Crippen molar-refractivity contribution in [2.75, 3.05) is 13.1 Å². The fraction of sp³-hybridized carbons (Fsp3) is 0.781. The largest absolute Gasteiger partial charge is 0.481 e. The molecule has 4 aliphatic carbocycles. The van der Waals surface area contributed by atoms with Crippen LogP contribution in [0.1, 0.15) is 120 Å². The van der Waals surface area contributed by atoms with Crippen molar-refractivity contribution in [1.82, 2.24) is 4.90 Å². The van der Waals surface area contributed by atoms with E-state index in [0.717, 1.165) is 43.8 Å². The summed E-state index contributed by atoms with van der Waals surface area (Å²) in [6, 6.07) is 6.08. The molecular formula is C32H46F3NO2. The number of rotatable bonds is 9. The highest BCUT2D eigenvalue weighted by Gasteiger charge is 2.51. The third-order valence-electron chi connectivity index (χ3n) is 10.6. The molecule has 6 heteroatoms. The molecule has 0 amide bonds. The van der Waals surface area contributed by atoms with Gasteiger partial charge in [-0.3, -0.25) is 9.69 Å². The van der Waals surface area contributed by atoms with Crippen molar-refractivity contribution < 1.29 is 23.1 Å². The zero-order valence-corrected chi connectivity index (χ0v) is 22.9. The lowest BCUT2D eigenvalue weighted by molar-refractivity contribution is -0.139. The van der Waals surface area contributed by atoms with Crippen LogP contribution >= 0.6 is 0 Å². The maximum atomic E-state index is 13.3. The lowest BCUT2D eigenvalue weighted by atomic mass is 9.71. The molecule has 1 unspecified atom stereocenters. The number of halogens is 3. The molecule has 3 atom stereocenters. The SMILES string of the molecule is O=C(O)CC1CC[C@@H](N(CC2CCCCC2)CC2(C3CCCCC3)CC2)[C@H](c2ccc(C(F)(F)F)cc2)C1. The van der Waals surface area contributed by atoms with Crippen LogP contribution in [-0.2, 0) is 11.0 Å². The molecule has 0 saturated heterocycles. The second-order valence-corrected chi connectivity index (χ2v) is 13.2. The van der Waals surface area contributed by atoms with Gasteiger partial charge in [-0.25, -0.2) is 0 Å². The van der Waals surface area contributed by atoms with Crippen molar-refractivity contribution in [2.24, 2.45) is 23.2 Å². The number of benzene rings is 1. The van der Waals surface area contributed by atoms with Gasteiger partial charge in [0.15, 0.2) is 0 Å². The van der Waals surface area contributed by atoms with Gasteiger partial charge in [0, 0.05) is 25.6 Å². The zero-order valence-electron chi connectivity index (χ0n) is 22.9. The molecule has 38 heavy (non-hydrogen) atoms. The van der Waals surface area contributed by atoms with E-state index in [1.54, 1.807) is 12.1 Å². The second-order valence-electron chi connectivity index (χ2n) is 13.2. The minimum absolute atomic E-state index is 0.0841. The van der Waals surface area contributed by atoms with Crippen molar-refractivity contribution in [3.05, 3.63) is 35.4 Å². The van der Waals surface area contributed by atoms with E-state index in [9.17, 15) is 23.1 Å². The highest BCUT2D eigenvalue weighted by Crippen LogP contribution is 2.57.